The molecule has 1 aromatic heterocycles. The average Bonchev–Trinajstić information content (AvgIpc) is 2.76. The molecule has 0 aliphatic rings. The topological polar surface area (TPSA) is 74.5 Å². The molecule has 0 aliphatic carbocycles. The highest BCUT2D eigenvalue weighted by molar-refractivity contribution is 7.53. The molecule has 0 bridgehead atoms. The van der Waals surface area contributed by atoms with E-state index in [0.29, 0.717) is 24.2 Å². The van der Waals surface area contributed by atoms with Crippen molar-refractivity contribution in [2.45, 2.75) is 20.0 Å². The van der Waals surface area contributed by atoms with E-state index < -0.39 is 7.60 Å². The van der Waals surface area contributed by atoms with Crippen LogP contribution in [0.25, 0.3) is 11.0 Å². The van der Waals surface area contributed by atoms with Gasteiger partial charge in [-0.15, -0.1) is 0 Å². The first-order chi connectivity index (χ1) is 8.67. The van der Waals surface area contributed by atoms with Crippen LogP contribution >= 0.6 is 7.60 Å². The Morgan fingerprint density at radius 1 is 1.17 bits per heavy atom. The Hall–Kier alpha value is -1.23. The molecule has 2 rings (SSSR count). The van der Waals surface area contributed by atoms with Crippen molar-refractivity contribution in [3.63, 3.8) is 0 Å². The maximum absolute atomic E-state index is 12.4. The number of hydrogen-bond donors (Lipinski definition) is 0. The molecule has 0 unspecified atom stereocenters. The number of benzene rings is 1. The van der Waals surface area contributed by atoms with Crippen molar-refractivity contribution in [2.75, 3.05) is 13.2 Å². The third-order valence-electron chi connectivity index (χ3n) is 2.35. The number of aromatic nitrogens is 2. The summed E-state index contributed by atoms with van der Waals surface area (Å²) in [5.74, 6) is 0. The fraction of sp³-hybridized carbons (Fsp3) is 0.455. The zero-order chi connectivity index (χ0) is 13.0. The molecule has 0 saturated carbocycles. The number of rotatable bonds is 6. The van der Waals surface area contributed by atoms with E-state index in [9.17, 15) is 4.57 Å². The van der Waals surface area contributed by atoms with Gasteiger partial charge in [0.25, 0.3) is 0 Å². The summed E-state index contributed by atoms with van der Waals surface area (Å²) in [4.78, 5) is 0. The Labute approximate surface area is 105 Å². The Morgan fingerprint density at radius 2 is 1.83 bits per heavy atom. The van der Waals surface area contributed by atoms with Crippen LogP contribution in [-0.4, -0.2) is 23.5 Å². The molecule has 0 radical (unpaired) electrons. The second-order valence-electron chi connectivity index (χ2n) is 3.69. The molecule has 18 heavy (non-hydrogen) atoms. The summed E-state index contributed by atoms with van der Waals surface area (Å²) < 4.78 is 27.4. The lowest BCUT2D eigenvalue weighted by Gasteiger charge is -2.16. The third-order valence-corrected chi connectivity index (χ3v) is 4.40. The fourth-order valence-electron chi connectivity index (χ4n) is 1.67. The van der Waals surface area contributed by atoms with Gasteiger partial charge in [0, 0.05) is 0 Å². The molecule has 98 valence electrons. The summed E-state index contributed by atoms with van der Waals surface area (Å²) in [5.41, 5.74) is 2.12. The van der Waals surface area contributed by atoms with Gasteiger partial charge in [-0.3, -0.25) is 4.57 Å². The van der Waals surface area contributed by atoms with Gasteiger partial charge < -0.3 is 9.05 Å². The van der Waals surface area contributed by atoms with Gasteiger partial charge in [-0.1, -0.05) is 6.07 Å². The minimum atomic E-state index is -3.08. The molecule has 0 spiro atoms. The first kappa shape index (κ1) is 13.2. The third kappa shape index (κ3) is 2.96. The van der Waals surface area contributed by atoms with Gasteiger partial charge in [0.2, 0.25) is 0 Å². The van der Waals surface area contributed by atoms with Crippen LogP contribution in [0, 0.1) is 0 Å². The quantitative estimate of drug-likeness (QED) is 0.751. The monoisotopic (exact) mass is 270 g/mol. The highest BCUT2D eigenvalue weighted by Crippen LogP contribution is 2.51. The van der Waals surface area contributed by atoms with E-state index in [2.05, 4.69) is 14.9 Å². The molecule has 0 amide bonds. The van der Waals surface area contributed by atoms with Crippen LogP contribution in [0.1, 0.15) is 19.4 Å². The molecule has 0 fully saturated rings. The molecule has 1 aromatic carbocycles. The Bertz CT molecular complexity index is 559. The number of fused-ring (bicyclic) bond motifs is 1. The molecule has 6 nitrogen and oxygen atoms in total. The van der Waals surface area contributed by atoms with Crippen LogP contribution in [0.3, 0.4) is 0 Å². The second-order valence-corrected chi connectivity index (χ2v) is 5.75. The van der Waals surface area contributed by atoms with Gasteiger partial charge in [0.1, 0.15) is 11.0 Å². The summed E-state index contributed by atoms with van der Waals surface area (Å²) >= 11 is 0. The van der Waals surface area contributed by atoms with Gasteiger partial charge in [-0.05, 0) is 41.9 Å². The predicted octanol–water partition coefficient (Wildman–Crippen LogP) is 2.99. The van der Waals surface area contributed by atoms with Crippen molar-refractivity contribution in [3.05, 3.63) is 23.8 Å². The molecular weight excluding hydrogens is 255 g/mol. The van der Waals surface area contributed by atoms with Crippen LogP contribution < -0.4 is 0 Å². The normalized spacial score (nSPS) is 12.1. The number of nitrogens with zero attached hydrogens (tertiary/aromatic N) is 2. The largest absolute Gasteiger partial charge is 0.335 e. The number of hydrogen-bond acceptors (Lipinski definition) is 6. The molecule has 1 heterocycles. The standard InChI is InChI=1S/C11H15N2O4P/c1-3-15-18(14,16-4-2)8-9-5-6-10-11(7-9)13-17-12-10/h5-7H,3-4,8H2,1-2H3. The minimum Gasteiger partial charge on any atom is -0.309 e. The maximum Gasteiger partial charge on any atom is 0.335 e. The fourth-order valence-corrected chi connectivity index (χ4v) is 3.36. The van der Waals surface area contributed by atoms with Crippen LogP contribution in [0.4, 0.5) is 0 Å². The van der Waals surface area contributed by atoms with Gasteiger partial charge in [0.15, 0.2) is 0 Å². The zero-order valence-corrected chi connectivity index (χ0v) is 11.2. The summed E-state index contributed by atoms with van der Waals surface area (Å²) in [7, 11) is -3.08. The Kier molecular flexibility index (Phi) is 4.11. The summed E-state index contributed by atoms with van der Waals surface area (Å²) in [6.45, 7) is 4.28. The summed E-state index contributed by atoms with van der Waals surface area (Å²) in [6.07, 6.45) is 0.220. The molecule has 7 heteroatoms. The summed E-state index contributed by atoms with van der Waals surface area (Å²) in [5, 5.41) is 7.46. The van der Waals surface area contributed by atoms with Crippen molar-refractivity contribution < 1.29 is 18.2 Å². The molecule has 0 N–H and O–H groups in total. The highest BCUT2D eigenvalue weighted by Gasteiger charge is 2.24. The van der Waals surface area contributed by atoms with Crippen LogP contribution in [0.2, 0.25) is 0 Å². The van der Waals surface area contributed by atoms with Crippen molar-refractivity contribution >= 4 is 18.6 Å². The molecular formula is C11H15N2O4P. The van der Waals surface area contributed by atoms with Crippen molar-refractivity contribution in [1.82, 2.24) is 10.3 Å². The van der Waals surface area contributed by atoms with Gasteiger partial charge in [0.05, 0.1) is 19.4 Å². The SMILES string of the molecule is CCOP(=O)(Cc1ccc2nonc2c1)OCC. The lowest BCUT2D eigenvalue weighted by molar-refractivity contribution is 0.219. The molecule has 0 aliphatic heterocycles. The van der Waals surface area contributed by atoms with E-state index in [1.165, 1.54) is 0 Å². The van der Waals surface area contributed by atoms with Crippen molar-refractivity contribution in [1.29, 1.82) is 0 Å². The van der Waals surface area contributed by atoms with E-state index >= 15 is 0 Å². The van der Waals surface area contributed by atoms with E-state index in [4.69, 9.17) is 9.05 Å². The first-order valence-corrected chi connectivity index (χ1v) is 7.49. The predicted molar refractivity (Wildman–Crippen MR) is 66.4 cm³/mol. The smallest absolute Gasteiger partial charge is 0.309 e. The Balaban J connectivity index is 2.22. The Morgan fingerprint density at radius 3 is 2.50 bits per heavy atom. The van der Waals surface area contributed by atoms with Crippen molar-refractivity contribution in [3.8, 4) is 0 Å². The maximum atomic E-state index is 12.4. The lowest BCUT2D eigenvalue weighted by Crippen LogP contribution is -1.99. The van der Waals surface area contributed by atoms with E-state index in [0.717, 1.165) is 5.56 Å². The van der Waals surface area contributed by atoms with E-state index in [1.54, 1.807) is 26.0 Å². The van der Waals surface area contributed by atoms with Crippen molar-refractivity contribution in [2.24, 2.45) is 0 Å². The molecule has 0 atom stereocenters. The van der Waals surface area contributed by atoms with Gasteiger partial charge in [-0.2, -0.15) is 0 Å². The van der Waals surface area contributed by atoms with Gasteiger partial charge >= 0.3 is 7.60 Å². The van der Waals surface area contributed by atoms with E-state index in [1.807, 2.05) is 6.07 Å². The van der Waals surface area contributed by atoms with Crippen LogP contribution in [-0.2, 0) is 19.8 Å². The molecule has 2 aromatic rings. The lowest BCUT2D eigenvalue weighted by atomic mass is 10.2. The first-order valence-electron chi connectivity index (χ1n) is 5.76. The highest BCUT2D eigenvalue weighted by atomic mass is 31.2. The van der Waals surface area contributed by atoms with Crippen LogP contribution in [0.5, 0.6) is 0 Å². The zero-order valence-electron chi connectivity index (χ0n) is 10.3. The average molecular weight is 270 g/mol. The summed E-state index contributed by atoms with van der Waals surface area (Å²) in [6, 6.07) is 5.36. The van der Waals surface area contributed by atoms with E-state index in [-0.39, 0.29) is 6.16 Å². The second kappa shape index (κ2) is 5.61. The minimum absolute atomic E-state index is 0.220. The molecule has 0 saturated heterocycles. The van der Waals surface area contributed by atoms with Gasteiger partial charge in [-0.25, -0.2) is 4.63 Å². The van der Waals surface area contributed by atoms with Crippen LogP contribution in [0.15, 0.2) is 22.8 Å².